The van der Waals surface area contributed by atoms with Gasteiger partial charge in [-0.15, -0.1) is 0 Å². The predicted octanol–water partition coefficient (Wildman–Crippen LogP) is 36.1. The van der Waals surface area contributed by atoms with E-state index in [0.29, 0.717) is 0 Å². The zero-order chi connectivity index (χ0) is 80.2. The molecule has 52 aliphatic heterocycles. The summed E-state index contributed by atoms with van der Waals surface area (Å²) in [5, 5.41) is 0. The Morgan fingerprint density at radius 2 is 0.142 bits per heavy atom. The molecule has 0 nitrogen and oxygen atoms in total. The molecule has 16 saturated carbocycles. The largest absolute Gasteiger partial charge is 0.0939 e. The molecule has 52 saturated heterocycles. The topological polar surface area (TPSA) is 0 Å². The first-order chi connectivity index (χ1) is 59.3. The number of rotatable bonds is 0. The van der Waals surface area contributed by atoms with Crippen molar-refractivity contribution in [3.63, 3.8) is 0 Å². The van der Waals surface area contributed by atoms with E-state index in [9.17, 15) is 0 Å². The van der Waals surface area contributed by atoms with Crippen molar-refractivity contribution in [3.8, 4) is 0 Å². The van der Waals surface area contributed by atoms with Crippen LogP contribution in [-0.2, 0) is 0 Å². The Bertz CT molecular complexity index is 2160. The summed E-state index contributed by atoms with van der Waals surface area (Å²) >= 11 is 0. The highest BCUT2D eigenvalue weighted by molar-refractivity contribution is 8.78. The van der Waals surface area contributed by atoms with Crippen molar-refractivity contribution in [1.29, 1.82) is 0 Å². The fraction of sp³-hybridized carbons (Fsp3) is 1.00. The molecule has 0 radical (unpaired) electrons. The van der Waals surface area contributed by atoms with Crippen LogP contribution < -0.4 is 0 Å². The number of hydrogen-bond acceptors (Lipinski definition) is 12. The van der Waals surface area contributed by atoms with E-state index in [1.54, 1.807) is 385 Å². The second-order valence-corrected chi connectivity index (χ2v) is 64.0. The molecule has 0 aromatic rings. The van der Waals surface area contributed by atoms with Crippen LogP contribution in [0.3, 0.4) is 0 Å². The van der Waals surface area contributed by atoms with E-state index in [0.717, 1.165) is 213 Å². The summed E-state index contributed by atoms with van der Waals surface area (Å²) in [4.78, 5) is 0. The summed E-state index contributed by atoms with van der Waals surface area (Å²) in [7, 11) is 28.3. The highest BCUT2D eigenvalue weighted by Crippen LogP contribution is 2.61. The maximum absolute atomic E-state index is 2.36. The van der Waals surface area contributed by atoms with Crippen LogP contribution in [0.5, 0.6) is 0 Å². The highest BCUT2D eigenvalue weighted by atomic mass is 33.1. The van der Waals surface area contributed by atoms with Crippen LogP contribution >= 0.6 is 130 Å². The van der Waals surface area contributed by atoms with E-state index >= 15 is 0 Å². The van der Waals surface area contributed by atoms with Crippen LogP contribution in [0.2, 0.25) is 0 Å². The summed E-state index contributed by atoms with van der Waals surface area (Å²) in [5.41, 5.74) is 0. The molecule has 68 fully saturated rings. The molecular weight excluding hydrogens is 1680 g/mol. The van der Waals surface area contributed by atoms with E-state index < -0.39 is 0 Å². The maximum Gasteiger partial charge on any atom is 0.00653 e. The van der Waals surface area contributed by atoms with Gasteiger partial charge in [-0.3, -0.25) is 0 Å². The third-order valence-electron chi connectivity index (χ3n) is 42.1. The van der Waals surface area contributed by atoms with Crippen molar-refractivity contribution in [2.75, 3.05) is 69.0 Å². The van der Waals surface area contributed by atoms with Gasteiger partial charge in [-0.05, 0) is 598 Å². The van der Waals surface area contributed by atoms with E-state index in [2.05, 4.69) is 130 Å². The standard InChI is InChI=1S/C108H180S12/c1-25-85-26-2-73(1)61-109-110-62-74-3-31-88(32-4-74)100-52-101-54-102(53-100)90-35-11-80(12-36-90)68-116-118-70-82-19-43-94(44-20-82)106-56-104-58-108(60-106)96-47-23-84(24-48-96)72-120-119-71-83-21-45-95(46-22-83)107-57-103(55-105(59-107)93-41-17-81(18-42-93)69-117-115-67-79-9-33-89(101)34-10-79)91-37-13-77(14-38-91)65-113-111-63-75-5-27-86(28-6-75)98-49-97(85)50-99(51-98)87-29-7-76(8-30-87)64-112-114-66-78-15-39-92(104)40-16-78/h73-108H,1-72H2. The molecule has 52 heterocycles. The van der Waals surface area contributed by atoms with Crippen LogP contribution in [0.1, 0.15) is 385 Å². The monoisotopic (exact) mass is 1860 g/mol. The minimum absolute atomic E-state index is 0.993. The van der Waals surface area contributed by atoms with Gasteiger partial charge in [0.1, 0.15) is 0 Å². The number of hydrogen-bond donors (Lipinski definition) is 0. The normalized spacial score (nSPS) is 49.2. The van der Waals surface area contributed by atoms with Gasteiger partial charge in [0.05, 0.1) is 0 Å². The van der Waals surface area contributed by atoms with Gasteiger partial charge in [0, 0.05) is 69.0 Å². The molecule has 0 spiro atoms. The summed E-state index contributed by atoms with van der Waals surface area (Å²) in [6, 6.07) is 0. The molecule has 0 aromatic carbocycles. The maximum atomic E-state index is 2.36. The molecule has 68 rings (SSSR count). The van der Waals surface area contributed by atoms with Gasteiger partial charge in [-0.25, -0.2) is 0 Å². The molecule has 12 heteroatoms. The minimum atomic E-state index is 0.993. The Kier molecular flexibility index (Phi) is 37.1. The minimum Gasteiger partial charge on any atom is -0.0939 e. The second kappa shape index (κ2) is 47.8. The van der Waals surface area contributed by atoms with Gasteiger partial charge in [-0.1, -0.05) is 130 Å². The van der Waals surface area contributed by atoms with Gasteiger partial charge in [0.15, 0.2) is 0 Å². The lowest BCUT2D eigenvalue weighted by Gasteiger charge is -2.48. The van der Waals surface area contributed by atoms with Crippen molar-refractivity contribution in [2.24, 2.45) is 213 Å². The Balaban J connectivity index is 0.561. The Labute approximate surface area is 789 Å². The average molecular weight is 1860 g/mol. The third kappa shape index (κ3) is 26.1. The van der Waals surface area contributed by atoms with Crippen molar-refractivity contribution < 1.29 is 0 Å². The Morgan fingerprint density at radius 1 is 0.0750 bits per heavy atom. The molecule has 120 heavy (non-hydrogen) atoms. The van der Waals surface area contributed by atoms with Crippen LogP contribution in [0, 0.1) is 213 Å². The fourth-order valence-corrected chi connectivity index (χ4v) is 51.9. The second-order valence-electron chi connectivity index (χ2n) is 48.7. The molecule has 36 bridgehead atoms. The lowest BCUT2D eigenvalue weighted by Crippen LogP contribution is -2.37. The van der Waals surface area contributed by atoms with E-state index in [-0.39, 0.29) is 0 Å². The van der Waals surface area contributed by atoms with Crippen LogP contribution in [0.4, 0.5) is 0 Å². The van der Waals surface area contributed by atoms with Crippen LogP contribution in [-0.4, -0.2) is 69.0 Å². The van der Waals surface area contributed by atoms with Crippen LogP contribution in [0.15, 0.2) is 0 Å². The Morgan fingerprint density at radius 3 is 0.208 bits per heavy atom. The molecule has 0 atom stereocenters. The highest BCUT2D eigenvalue weighted by Gasteiger charge is 2.49. The van der Waals surface area contributed by atoms with E-state index in [1.807, 2.05) is 0 Å². The lowest BCUT2D eigenvalue weighted by atomic mass is 9.58. The molecule has 0 N–H and O–H groups in total. The zero-order valence-corrected chi connectivity index (χ0v) is 86.4. The van der Waals surface area contributed by atoms with Gasteiger partial charge >= 0.3 is 0 Å². The summed E-state index contributed by atoms with van der Waals surface area (Å²) in [6.45, 7) is 0. The fourth-order valence-electron chi connectivity index (χ4n) is 34.1. The smallest absolute Gasteiger partial charge is 0.00653 e. The molecular formula is C108H180S12. The van der Waals surface area contributed by atoms with E-state index in [1.165, 1.54) is 69.0 Å². The first-order valence-electron chi connectivity index (χ1n) is 54.8. The first-order valence-corrected chi connectivity index (χ1v) is 69.7. The summed E-state index contributed by atoms with van der Waals surface area (Å²) in [5.74, 6) is 54.5. The van der Waals surface area contributed by atoms with E-state index in [4.69, 9.17) is 0 Å². The third-order valence-corrected chi connectivity index (χ3v) is 58.3. The summed E-state index contributed by atoms with van der Waals surface area (Å²) < 4.78 is 0. The average Bonchev–Trinajstić information content (AvgIpc) is 0.811. The van der Waals surface area contributed by atoms with Gasteiger partial charge in [-0.2, -0.15) is 0 Å². The zero-order valence-electron chi connectivity index (χ0n) is 76.6. The molecule has 684 valence electrons. The molecule has 16 aliphatic carbocycles. The predicted molar refractivity (Wildman–Crippen MR) is 552 cm³/mol. The quantitative estimate of drug-likeness (QED) is 0.212. The summed E-state index contributed by atoms with van der Waals surface area (Å²) in [6.07, 6.45) is 95.2. The first kappa shape index (κ1) is 93.2. The Hall–Kier alpha value is 4.20. The van der Waals surface area contributed by atoms with Gasteiger partial charge in [0.25, 0.3) is 0 Å². The SMILES string of the molecule is C1CC2CCC1CSSCC1CCC(CC1)C1CC3CC(C1)C1CCC(CC1)CSSCC1CCC(CC1)C1CC4CC(C1)C1CCC(CC1)CSSCC1CCC(CC1)C1CC(CC(C1)C1CCC(CC1)CSSCC1CCC3CC1)C1CCC(CC1)CSSCC1CCC(CC1)C1CC2CC(C1)C1CCC(CC1)CSSCC1CCC4CC1. The molecule has 0 aromatic heterocycles. The lowest BCUT2D eigenvalue weighted by molar-refractivity contribution is 0.0351. The van der Waals surface area contributed by atoms with Crippen molar-refractivity contribution in [3.05, 3.63) is 0 Å². The van der Waals surface area contributed by atoms with Gasteiger partial charge < -0.3 is 0 Å². The van der Waals surface area contributed by atoms with Gasteiger partial charge in [0.2, 0.25) is 0 Å². The van der Waals surface area contributed by atoms with Crippen molar-refractivity contribution >= 4 is 130 Å². The molecule has 68 aliphatic rings. The van der Waals surface area contributed by atoms with Crippen LogP contribution in [0.25, 0.3) is 0 Å². The molecule has 0 amide bonds. The van der Waals surface area contributed by atoms with Crippen molar-refractivity contribution in [2.45, 2.75) is 385 Å². The molecule has 0 unspecified atom stereocenters. The van der Waals surface area contributed by atoms with Crippen molar-refractivity contribution in [1.82, 2.24) is 0 Å².